The minimum Gasteiger partial charge on any atom is -0.298 e. The molecule has 0 amide bonds. The Hall–Kier alpha value is -0.970. The van der Waals surface area contributed by atoms with Crippen molar-refractivity contribution in [2.24, 2.45) is 5.84 Å². The highest BCUT2D eigenvalue weighted by Gasteiger charge is 1.88. The van der Waals surface area contributed by atoms with Crippen molar-refractivity contribution in [3.05, 3.63) is 30.1 Å². The second-order valence-corrected chi connectivity index (χ2v) is 2.13. The fourth-order valence-corrected chi connectivity index (χ4v) is 0.765. The van der Waals surface area contributed by atoms with E-state index in [2.05, 4.69) is 15.7 Å². The van der Waals surface area contributed by atoms with Crippen LogP contribution in [0.4, 0.5) is 0 Å². The predicted octanol–water partition coefficient (Wildman–Crippen LogP) is -0.408. The van der Waals surface area contributed by atoms with Crippen LogP contribution in [0.5, 0.6) is 0 Å². The largest absolute Gasteiger partial charge is 0.298 e. The van der Waals surface area contributed by atoms with Crippen molar-refractivity contribution in [1.82, 2.24) is 15.7 Å². The Morgan fingerprint density at radius 1 is 1.45 bits per heavy atom. The Labute approximate surface area is 65.8 Å². The van der Waals surface area contributed by atoms with Gasteiger partial charge in [-0.25, -0.2) is 5.43 Å². The molecule has 1 heterocycles. The molecule has 0 unspecified atom stereocenters. The maximum Gasteiger partial charge on any atom is 0.0590 e. The van der Waals surface area contributed by atoms with E-state index >= 15 is 0 Å². The molecule has 0 radical (unpaired) electrons. The van der Waals surface area contributed by atoms with E-state index in [1.165, 1.54) is 0 Å². The molecule has 11 heavy (non-hydrogen) atoms. The summed E-state index contributed by atoms with van der Waals surface area (Å²) in [4.78, 5) is 4.12. The van der Waals surface area contributed by atoms with Crippen LogP contribution in [-0.4, -0.2) is 11.7 Å². The van der Waals surface area contributed by atoms with Crippen molar-refractivity contribution in [2.45, 2.75) is 6.54 Å². The molecular weight excluding hydrogens is 140 g/mol. The van der Waals surface area contributed by atoms with Crippen LogP contribution < -0.4 is 16.6 Å². The monoisotopic (exact) mass is 152 g/mol. The van der Waals surface area contributed by atoms with Gasteiger partial charge in [-0.3, -0.25) is 16.1 Å². The van der Waals surface area contributed by atoms with Gasteiger partial charge in [-0.1, -0.05) is 6.07 Å². The lowest BCUT2D eigenvalue weighted by Gasteiger charge is -2.01. The van der Waals surface area contributed by atoms with Gasteiger partial charge in [-0.2, -0.15) is 0 Å². The number of hydrazine groups is 1. The molecule has 0 fully saturated rings. The molecule has 0 aliphatic carbocycles. The first-order chi connectivity index (χ1) is 5.43. The third-order valence-electron chi connectivity index (χ3n) is 1.26. The fourth-order valence-electron chi connectivity index (χ4n) is 0.765. The predicted molar refractivity (Wildman–Crippen MR) is 43.3 cm³/mol. The Bertz CT molecular complexity index is 187. The Balaban J connectivity index is 2.28. The van der Waals surface area contributed by atoms with Crippen LogP contribution in [0.25, 0.3) is 0 Å². The van der Waals surface area contributed by atoms with E-state index in [4.69, 9.17) is 5.84 Å². The summed E-state index contributed by atoms with van der Waals surface area (Å²) >= 11 is 0. The van der Waals surface area contributed by atoms with Crippen molar-refractivity contribution in [2.75, 3.05) is 6.67 Å². The number of hydrogen-bond acceptors (Lipinski definition) is 4. The summed E-state index contributed by atoms with van der Waals surface area (Å²) in [5.41, 5.74) is 3.52. The molecule has 4 N–H and O–H groups in total. The summed E-state index contributed by atoms with van der Waals surface area (Å²) in [5, 5.41) is 3.05. The van der Waals surface area contributed by atoms with Crippen molar-refractivity contribution >= 4 is 0 Å². The van der Waals surface area contributed by atoms with Gasteiger partial charge in [-0.05, 0) is 12.1 Å². The van der Waals surface area contributed by atoms with Gasteiger partial charge < -0.3 is 0 Å². The van der Waals surface area contributed by atoms with Gasteiger partial charge in [0.15, 0.2) is 0 Å². The topological polar surface area (TPSA) is 63.0 Å². The van der Waals surface area contributed by atoms with Crippen molar-refractivity contribution in [3.63, 3.8) is 0 Å². The number of aromatic nitrogens is 1. The number of nitrogens with zero attached hydrogens (tertiary/aromatic N) is 1. The van der Waals surface area contributed by atoms with Crippen LogP contribution in [0.3, 0.4) is 0 Å². The second-order valence-electron chi connectivity index (χ2n) is 2.13. The minimum absolute atomic E-state index is 0.594. The van der Waals surface area contributed by atoms with Gasteiger partial charge in [0.2, 0.25) is 0 Å². The van der Waals surface area contributed by atoms with Crippen LogP contribution in [-0.2, 0) is 6.54 Å². The molecule has 0 aliphatic heterocycles. The average molecular weight is 152 g/mol. The molecule has 4 nitrogen and oxygen atoms in total. The fraction of sp³-hybridized carbons (Fsp3) is 0.286. The van der Waals surface area contributed by atoms with Gasteiger partial charge in [0.05, 0.1) is 12.4 Å². The third-order valence-corrected chi connectivity index (χ3v) is 1.26. The van der Waals surface area contributed by atoms with E-state index < -0.39 is 0 Å². The lowest BCUT2D eigenvalue weighted by atomic mass is 10.3. The molecule has 1 aromatic rings. The maximum atomic E-state index is 5.06. The molecule has 0 bridgehead atoms. The SMILES string of the molecule is NNCNCc1ccccn1. The highest BCUT2D eigenvalue weighted by atomic mass is 15.3. The molecule has 0 atom stereocenters. The van der Waals surface area contributed by atoms with E-state index in [1.807, 2.05) is 18.2 Å². The van der Waals surface area contributed by atoms with Crippen LogP contribution in [0.1, 0.15) is 5.69 Å². The van der Waals surface area contributed by atoms with E-state index in [9.17, 15) is 0 Å². The highest BCUT2D eigenvalue weighted by molar-refractivity contribution is 5.02. The number of nitrogens with one attached hydrogen (secondary N) is 2. The Morgan fingerprint density at radius 2 is 2.36 bits per heavy atom. The van der Waals surface area contributed by atoms with Gasteiger partial charge in [-0.15, -0.1) is 0 Å². The first-order valence-corrected chi connectivity index (χ1v) is 3.47. The summed E-state index contributed by atoms with van der Waals surface area (Å²) in [7, 11) is 0. The Kier molecular flexibility index (Phi) is 3.54. The average Bonchev–Trinajstić information content (AvgIpc) is 2.07. The van der Waals surface area contributed by atoms with E-state index in [1.54, 1.807) is 6.20 Å². The molecule has 1 rings (SSSR count). The number of hydrogen-bond donors (Lipinski definition) is 3. The minimum atomic E-state index is 0.594. The molecule has 4 heteroatoms. The van der Waals surface area contributed by atoms with Gasteiger partial charge in [0, 0.05) is 12.7 Å². The number of pyridine rings is 1. The summed E-state index contributed by atoms with van der Waals surface area (Å²) in [6.45, 7) is 1.33. The van der Waals surface area contributed by atoms with E-state index in [-0.39, 0.29) is 0 Å². The van der Waals surface area contributed by atoms with Crippen LogP contribution >= 0.6 is 0 Å². The molecular formula is C7H12N4. The smallest absolute Gasteiger partial charge is 0.0590 e. The van der Waals surface area contributed by atoms with Crippen molar-refractivity contribution < 1.29 is 0 Å². The van der Waals surface area contributed by atoms with Gasteiger partial charge in [0.25, 0.3) is 0 Å². The second kappa shape index (κ2) is 4.79. The zero-order valence-electron chi connectivity index (χ0n) is 6.25. The highest BCUT2D eigenvalue weighted by Crippen LogP contribution is 1.90. The third kappa shape index (κ3) is 3.08. The molecule has 0 saturated carbocycles. The quantitative estimate of drug-likeness (QED) is 0.237. The first-order valence-electron chi connectivity index (χ1n) is 3.47. The maximum absolute atomic E-state index is 5.06. The van der Waals surface area contributed by atoms with Crippen molar-refractivity contribution in [1.29, 1.82) is 0 Å². The summed E-state index contributed by atoms with van der Waals surface area (Å²) in [6, 6.07) is 5.81. The van der Waals surface area contributed by atoms with E-state index in [0.717, 1.165) is 12.2 Å². The molecule has 60 valence electrons. The van der Waals surface area contributed by atoms with Gasteiger partial charge in [0.1, 0.15) is 0 Å². The van der Waals surface area contributed by atoms with Crippen LogP contribution in [0, 0.1) is 0 Å². The Morgan fingerprint density at radius 3 is 3.00 bits per heavy atom. The molecule has 0 saturated heterocycles. The summed E-state index contributed by atoms with van der Waals surface area (Å²) < 4.78 is 0. The standard InChI is InChI=1S/C7H12N4/c8-11-6-9-5-7-3-1-2-4-10-7/h1-4,9,11H,5-6,8H2. The molecule has 1 aromatic heterocycles. The lowest BCUT2D eigenvalue weighted by molar-refractivity contribution is 0.595. The molecule has 0 spiro atoms. The summed E-state index contributed by atoms with van der Waals surface area (Å²) in [5.74, 6) is 5.06. The first kappa shape index (κ1) is 8.13. The zero-order chi connectivity index (χ0) is 7.94. The molecule has 0 aliphatic rings. The zero-order valence-corrected chi connectivity index (χ0v) is 6.25. The number of rotatable bonds is 4. The molecule has 0 aromatic carbocycles. The van der Waals surface area contributed by atoms with Crippen molar-refractivity contribution in [3.8, 4) is 0 Å². The van der Waals surface area contributed by atoms with Gasteiger partial charge >= 0.3 is 0 Å². The number of nitrogens with two attached hydrogens (primary N) is 1. The van der Waals surface area contributed by atoms with Crippen LogP contribution in [0.2, 0.25) is 0 Å². The van der Waals surface area contributed by atoms with E-state index in [0.29, 0.717) is 6.67 Å². The normalized spacial score (nSPS) is 9.91. The summed E-state index contributed by atoms with van der Waals surface area (Å²) in [6.07, 6.45) is 1.77. The lowest BCUT2D eigenvalue weighted by Crippen LogP contribution is -2.33. The van der Waals surface area contributed by atoms with Crippen LogP contribution in [0.15, 0.2) is 24.4 Å².